The third kappa shape index (κ3) is 3.32. The zero-order chi connectivity index (χ0) is 13.0. The van der Waals surface area contributed by atoms with Crippen molar-refractivity contribution in [1.82, 2.24) is 10.6 Å². The average molecular weight is 311 g/mol. The number of hydrogen-bond donors (Lipinski definition) is 2. The summed E-state index contributed by atoms with van der Waals surface area (Å²) in [6.07, 6.45) is 1.82. The Bertz CT molecular complexity index is 462. The summed E-state index contributed by atoms with van der Waals surface area (Å²) in [5.41, 5.74) is 1.16. The molecule has 4 nitrogen and oxygen atoms in total. The molecule has 1 atom stereocenters. The van der Waals surface area contributed by atoms with Crippen LogP contribution in [0.25, 0.3) is 0 Å². The Labute approximate surface area is 114 Å². The fourth-order valence-corrected chi connectivity index (χ4v) is 2.44. The molecule has 0 bridgehead atoms. The molecule has 2 amide bonds. The summed E-state index contributed by atoms with van der Waals surface area (Å²) in [4.78, 5) is 22.7. The van der Waals surface area contributed by atoms with Crippen LogP contribution in [0.2, 0.25) is 0 Å². The largest absolute Gasteiger partial charge is 0.354 e. The van der Waals surface area contributed by atoms with Gasteiger partial charge in [0.25, 0.3) is 0 Å². The minimum Gasteiger partial charge on any atom is -0.354 e. The van der Waals surface area contributed by atoms with Crippen molar-refractivity contribution in [2.24, 2.45) is 0 Å². The van der Waals surface area contributed by atoms with Gasteiger partial charge in [-0.3, -0.25) is 9.59 Å². The van der Waals surface area contributed by atoms with Gasteiger partial charge in [-0.25, -0.2) is 0 Å². The van der Waals surface area contributed by atoms with Gasteiger partial charge in [-0.15, -0.1) is 0 Å². The molecule has 0 aliphatic carbocycles. The molecule has 5 heteroatoms. The summed E-state index contributed by atoms with van der Waals surface area (Å²) >= 11 is 3.47. The van der Waals surface area contributed by atoms with Crippen LogP contribution in [0.1, 0.15) is 18.4 Å². The normalized spacial score (nSPS) is 18.5. The third-order valence-corrected chi connectivity index (χ3v) is 3.74. The zero-order valence-electron chi connectivity index (χ0n) is 9.91. The van der Waals surface area contributed by atoms with Crippen molar-refractivity contribution in [2.45, 2.75) is 25.3 Å². The molecule has 1 saturated heterocycles. The SMILES string of the molecule is O=C1CCC(C(=O)NCCc2ccccc2Br)N1. The Morgan fingerprint density at radius 1 is 1.44 bits per heavy atom. The van der Waals surface area contributed by atoms with E-state index in [0.29, 0.717) is 19.4 Å². The monoisotopic (exact) mass is 310 g/mol. The molecule has 1 aliphatic heterocycles. The molecule has 2 rings (SSSR count). The highest BCUT2D eigenvalue weighted by atomic mass is 79.9. The highest BCUT2D eigenvalue weighted by molar-refractivity contribution is 9.10. The van der Waals surface area contributed by atoms with Crippen molar-refractivity contribution >= 4 is 27.7 Å². The summed E-state index contributed by atoms with van der Waals surface area (Å²) < 4.78 is 1.05. The number of carbonyl (C=O) groups excluding carboxylic acids is 2. The van der Waals surface area contributed by atoms with Gasteiger partial charge in [-0.1, -0.05) is 34.1 Å². The third-order valence-electron chi connectivity index (χ3n) is 2.96. The predicted molar refractivity (Wildman–Crippen MR) is 72.0 cm³/mol. The van der Waals surface area contributed by atoms with E-state index >= 15 is 0 Å². The highest BCUT2D eigenvalue weighted by Crippen LogP contribution is 2.15. The molecule has 1 aromatic carbocycles. The van der Waals surface area contributed by atoms with E-state index in [9.17, 15) is 9.59 Å². The summed E-state index contributed by atoms with van der Waals surface area (Å²) in [6.45, 7) is 0.577. The standard InChI is InChI=1S/C13H15BrN2O2/c14-10-4-2-1-3-9(10)7-8-15-13(18)11-5-6-12(17)16-11/h1-4,11H,5-8H2,(H,15,18)(H,16,17). The number of hydrogen-bond acceptors (Lipinski definition) is 2. The van der Waals surface area contributed by atoms with E-state index in [1.807, 2.05) is 24.3 Å². The molecule has 0 aromatic heterocycles. The van der Waals surface area contributed by atoms with E-state index < -0.39 is 0 Å². The molecule has 18 heavy (non-hydrogen) atoms. The number of halogens is 1. The van der Waals surface area contributed by atoms with Crippen LogP contribution in [0, 0.1) is 0 Å². The molecule has 0 saturated carbocycles. The Morgan fingerprint density at radius 2 is 2.22 bits per heavy atom. The van der Waals surface area contributed by atoms with Crippen LogP contribution in [0.15, 0.2) is 28.7 Å². The molecule has 1 aliphatic rings. The van der Waals surface area contributed by atoms with Gasteiger partial charge >= 0.3 is 0 Å². The molecule has 1 unspecified atom stereocenters. The number of carbonyl (C=O) groups is 2. The van der Waals surface area contributed by atoms with Crippen molar-refractivity contribution in [3.63, 3.8) is 0 Å². The first-order valence-electron chi connectivity index (χ1n) is 5.97. The van der Waals surface area contributed by atoms with Gasteiger partial charge in [-0.05, 0) is 24.5 Å². The smallest absolute Gasteiger partial charge is 0.242 e. The van der Waals surface area contributed by atoms with Crippen molar-refractivity contribution in [3.8, 4) is 0 Å². The van der Waals surface area contributed by atoms with Gasteiger partial charge in [0, 0.05) is 17.4 Å². The lowest BCUT2D eigenvalue weighted by Crippen LogP contribution is -2.42. The van der Waals surface area contributed by atoms with Crippen molar-refractivity contribution in [2.75, 3.05) is 6.54 Å². The van der Waals surface area contributed by atoms with E-state index in [2.05, 4.69) is 26.6 Å². The predicted octanol–water partition coefficient (Wildman–Crippen LogP) is 1.39. The molecule has 1 fully saturated rings. The summed E-state index contributed by atoms with van der Waals surface area (Å²) in [5, 5.41) is 5.50. The molecular weight excluding hydrogens is 296 g/mol. The van der Waals surface area contributed by atoms with E-state index in [1.54, 1.807) is 0 Å². The Morgan fingerprint density at radius 3 is 2.89 bits per heavy atom. The van der Waals surface area contributed by atoms with Gasteiger partial charge in [0.1, 0.15) is 6.04 Å². The topological polar surface area (TPSA) is 58.2 Å². The van der Waals surface area contributed by atoms with E-state index in [0.717, 1.165) is 16.5 Å². The number of rotatable bonds is 4. The minimum atomic E-state index is -0.350. The molecular formula is C13H15BrN2O2. The lowest BCUT2D eigenvalue weighted by atomic mass is 10.1. The summed E-state index contributed by atoms with van der Waals surface area (Å²) in [5.74, 6) is -0.131. The zero-order valence-corrected chi connectivity index (χ0v) is 11.5. The molecule has 0 radical (unpaired) electrons. The van der Waals surface area contributed by atoms with Gasteiger partial charge in [0.2, 0.25) is 11.8 Å². The lowest BCUT2D eigenvalue weighted by Gasteiger charge is -2.11. The first-order valence-corrected chi connectivity index (χ1v) is 6.76. The fourth-order valence-electron chi connectivity index (χ4n) is 1.96. The average Bonchev–Trinajstić information content (AvgIpc) is 2.78. The van der Waals surface area contributed by atoms with Gasteiger partial charge < -0.3 is 10.6 Å². The van der Waals surface area contributed by atoms with E-state index in [1.165, 1.54) is 0 Å². The molecule has 96 valence electrons. The fraction of sp³-hybridized carbons (Fsp3) is 0.385. The second-order valence-electron chi connectivity index (χ2n) is 4.29. The second-order valence-corrected chi connectivity index (χ2v) is 5.15. The first-order chi connectivity index (χ1) is 8.66. The minimum absolute atomic E-state index is 0.0408. The molecule has 1 heterocycles. The van der Waals surface area contributed by atoms with Crippen molar-refractivity contribution in [1.29, 1.82) is 0 Å². The Hall–Kier alpha value is -1.36. The van der Waals surface area contributed by atoms with Crippen molar-refractivity contribution < 1.29 is 9.59 Å². The lowest BCUT2D eigenvalue weighted by molar-refractivity contribution is -0.125. The van der Waals surface area contributed by atoms with Gasteiger partial charge in [-0.2, -0.15) is 0 Å². The second kappa shape index (κ2) is 6.00. The molecule has 0 spiro atoms. The summed E-state index contributed by atoms with van der Waals surface area (Å²) in [6, 6.07) is 7.58. The number of benzene rings is 1. The maximum absolute atomic E-state index is 11.7. The van der Waals surface area contributed by atoms with Crippen LogP contribution in [0.5, 0.6) is 0 Å². The maximum Gasteiger partial charge on any atom is 0.242 e. The molecule has 2 N–H and O–H groups in total. The van der Waals surface area contributed by atoms with E-state index in [4.69, 9.17) is 0 Å². The van der Waals surface area contributed by atoms with Crippen LogP contribution in [-0.2, 0) is 16.0 Å². The Balaban J connectivity index is 1.77. The van der Waals surface area contributed by atoms with Gasteiger partial charge in [0.05, 0.1) is 0 Å². The first kappa shape index (κ1) is 13.1. The molecule has 1 aromatic rings. The highest BCUT2D eigenvalue weighted by Gasteiger charge is 2.26. The quantitative estimate of drug-likeness (QED) is 0.883. The maximum atomic E-state index is 11.7. The van der Waals surface area contributed by atoms with Crippen LogP contribution >= 0.6 is 15.9 Å². The summed E-state index contributed by atoms with van der Waals surface area (Å²) in [7, 11) is 0. The van der Waals surface area contributed by atoms with Crippen LogP contribution in [0.4, 0.5) is 0 Å². The van der Waals surface area contributed by atoms with Gasteiger partial charge in [0.15, 0.2) is 0 Å². The van der Waals surface area contributed by atoms with Crippen LogP contribution in [-0.4, -0.2) is 24.4 Å². The van der Waals surface area contributed by atoms with Crippen LogP contribution in [0.3, 0.4) is 0 Å². The Kier molecular flexibility index (Phi) is 4.36. The number of amides is 2. The number of nitrogens with one attached hydrogen (secondary N) is 2. The van der Waals surface area contributed by atoms with Crippen LogP contribution < -0.4 is 10.6 Å². The van der Waals surface area contributed by atoms with Crippen molar-refractivity contribution in [3.05, 3.63) is 34.3 Å². The van der Waals surface area contributed by atoms with E-state index in [-0.39, 0.29) is 17.9 Å².